The van der Waals surface area contributed by atoms with Crippen LogP contribution in [0.5, 0.6) is 0 Å². The van der Waals surface area contributed by atoms with E-state index >= 15 is 0 Å². The molecular formula is C17H17ClF2N2O. The Morgan fingerprint density at radius 2 is 1.74 bits per heavy atom. The van der Waals surface area contributed by atoms with Crippen molar-refractivity contribution >= 4 is 23.2 Å². The van der Waals surface area contributed by atoms with Crippen LogP contribution in [0.25, 0.3) is 0 Å². The summed E-state index contributed by atoms with van der Waals surface area (Å²) in [6.07, 6.45) is 0.797. The third-order valence-corrected chi connectivity index (χ3v) is 3.48. The number of carbonyl (C=O) groups is 1. The number of hydrogen-bond acceptors (Lipinski definition) is 2. The SMILES string of the molecule is O=C(CCNc1c(F)cccc1F)NCCc1cccc(Cl)c1. The van der Waals surface area contributed by atoms with Crippen LogP contribution in [-0.4, -0.2) is 19.0 Å². The molecule has 2 aromatic carbocycles. The molecule has 0 aromatic heterocycles. The van der Waals surface area contributed by atoms with E-state index in [4.69, 9.17) is 11.6 Å². The molecule has 0 unspecified atom stereocenters. The van der Waals surface area contributed by atoms with Gasteiger partial charge in [0.2, 0.25) is 5.91 Å². The molecule has 0 saturated carbocycles. The number of benzene rings is 2. The van der Waals surface area contributed by atoms with E-state index in [9.17, 15) is 13.6 Å². The third kappa shape index (κ3) is 5.53. The van der Waals surface area contributed by atoms with Gasteiger partial charge < -0.3 is 10.6 Å². The molecule has 6 heteroatoms. The van der Waals surface area contributed by atoms with Crippen molar-refractivity contribution in [3.05, 3.63) is 64.7 Å². The molecule has 2 N–H and O–H groups in total. The Balaban J connectivity index is 1.69. The predicted octanol–water partition coefficient (Wildman–Crippen LogP) is 3.78. The van der Waals surface area contributed by atoms with Crippen LogP contribution in [0, 0.1) is 11.6 Å². The van der Waals surface area contributed by atoms with E-state index in [-0.39, 0.29) is 24.6 Å². The first-order chi connectivity index (χ1) is 11.1. The Kier molecular flexibility index (Phi) is 6.35. The van der Waals surface area contributed by atoms with Crippen LogP contribution in [0.4, 0.5) is 14.5 Å². The number of amides is 1. The van der Waals surface area contributed by atoms with Gasteiger partial charge in [0.1, 0.15) is 17.3 Å². The topological polar surface area (TPSA) is 41.1 Å². The highest BCUT2D eigenvalue weighted by Crippen LogP contribution is 2.17. The molecule has 23 heavy (non-hydrogen) atoms. The van der Waals surface area contributed by atoms with E-state index in [0.717, 1.165) is 17.7 Å². The van der Waals surface area contributed by atoms with Gasteiger partial charge in [0, 0.05) is 24.5 Å². The minimum atomic E-state index is -0.675. The van der Waals surface area contributed by atoms with E-state index in [1.165, 1.54) is 6.07 Å². The first kappa shape index (κ1) is 17.2. The number of carbonyl (C=O) groups excluding carboxylic acids is 1. The minimum absolute atomic E-state index is 0.128. The Labute approximate surface area is 138 Å². The van der Waals surface area contributed by atoms with Gasteiger partial charge in [0.25, 0.3) is 0 Å². The Hall–Kier alpha value is -2.14. The zero-order valence-corrected chi connectivity index (χ0v) is 13.2. The molecule has 0 spiro atoms. The molecule has 0 aliphatic carbocycles. The molecule has 2 aromatic rings. The molecule has 0 atom stereocenters. The first-order valence-corrected chi connectivity index (χ1v) is 7.63. The van der Waals surface area contributed by atoms with Gasteiger partial charge in [-0.1, -0.05) is 29.8 Å². The number of nitrogens with one attached hydrogen (secondary N) is 2. The van der Waals surface area contributed by atoms with Crippen LogP contribution in [0.15, 0.2) is 42.5 Å². The third-order valence-electron chi connectivity index (χ3n) is 3.24. The molecule has 0 bridgehead atoms. The Bertz CT molecular complexity index is 659. The molecule has 2 rings (SSSR count). The van der Waals surface area contributed by atoms with Gasteiger partial charge >= 0.3 is 0 Å². The monoisotopic (exact) mass is 338 g/mol. The largest absolute Gasteiger partial charge is 0.380 e. The maximum atomic E-state index is 13.4. The van der Waals surface area contributed by atoms with Crippen molar-refractivity contribution in [2.75, 3.05) is 18.4 Å². The zero-order valence-electron chi connectivity index (χ0n) is 12.4. The summed E-state index contributed by atoms with van der Waals surface area (Å²) in [4.78, 5) is 11.7. The lowest BCUT2D eigenvalue weighted by Crippen LogP contribution is -2.27. The molecule has 0 heterocycles. The zero-order chi connectivity index (χ0) is 16.7. The number of para-hydroxylation sites is 1. The standard InChI is InChI=1S/C17H17ClF2N2O/c18-13-4-1-3-12(11-13)7-9-21-16(23)8-10-22-17-14(19)5-2-6-15(17)20/h1-6,11,22H,7-10H2,(H,21,23). The number of rotatable bonds is 7. The van der Waals surface area contributed by atoms with Crippen LogP contribution < -0.4 is 10.6 Å². The molecule has 1 amide bonds. The molecular weight excluding hydrogens is 322 g/mol. The van der Waals surface area contributed by atoms with Crippen molar-refractivity contribution < 1.29 is 13.6 Å². The smallest absolute Gasteiger partial charge is 0.221 e. The molecule has 0 aliphatic heterocycles. The number of hydrogen-bond donors (Lipinski definition) is 2. The van der Waals surface area contributed by atoms with E-state index in [0.29, 0.717) is 18.0 Å². The second kappa shape index (κ2) is 8.48. The van der Waals surface area contributed by atoms with Gasteiger partial charge in [-0.3, -0.25) is 4.79 Å². The highest BCUT2D eigenvalue weighted by Gasteiger charge is 2.08. The second-order valence-electron chi connectivity index (χ2n) is 5.00. The fourth-order valence-electron chi connectivity index (χ4n) is 2.09. The molecule has 0 aliphatic rings. The molecule has 0 radical (unpaired) electrons. The Morgan fingerprint density at radius 1 is 1.04 bits per heavy atom. The van der Waals surface area contributed by atoms with Gasteiger partial charge in [-0.15, -0.1) is 0 Å². The van der Waals surface area contributed by atoms with Gasteiger partial charge in [-0.05, 0) is 36.2 Å². The molecule has 3 nitrogen and oxygen atoms in total. The normalized spacial score (nSPS) is 10.4. The van der Waals surface area contributed by atoms with Crippen molar-refractivity contribution in [1.29, 1.82) is 0 Å². The molecule has 122 valence electrons. The number of anilines is 1. The van der Waals surface area contributed by atoms with E-state index in [2.05, 4.69) is 10.6 Å². The summed E-state index contributed by atoms with van der Waals surface area (Å²) in [6, 6.07) is 11.0. The van der Waals surface area contributed by atoms with Gasteiger partial charge in [0.05, 0.1) is 0 Å². The van der Waals surface area contributed by atoms with Crippen molar-refractivity contribution in [1.82, 2.24) is 5.32 Å². The lowest BCUT2D eigenvalue weighted by atomic mass is 10.1. The van der Waals surface area contributed by atoms with Gasteiger partial charge in [0.15, 0.2) is 0 Å². The summed E-state index contributed by atoms with van der Waals surface area (Å²) >= 11 is 5.88. The van der Waals surface area contributed by atoms with Crippen LogP contribution in [0.3, 0.4) is 0 Å². The summed E-state index contributed by atoms with van der Waals surface area (Å²) in [5.74, 6) is -1.53. The summed E-state index contributed by atoms with van der Waals surface area (Å²) in [5.41, 5.74) is 0.823. The van der Waals surface area contributed by atoms with Crippen LogP contribution in [-0.2, 0) is 11.2 Å². The maximum absolute atomic E-state index is 13.4. The lowest BCUT2D eigenvalue weighted by molar-refractivity contribution is -0.120. The summed E-state index contributed by atoms with van der Waals surface area (Å²) in [7, 11) is 0. The van der Waals surface area contributed by atoms with Crippen LogP contribution in [0.2, 0.25) is 5.02 Å². The molecule has 0 saturated heterocycles. The highest BCUT2D eigenvalue weighted by molar-refractivity contribution is 6.30. The summed E-state index contributed by atoms with van der Waals surface area (Å²) in [6.45, 7) is 0.633. The summed E-state index contributed by atoms with van der Waals surface area (Å²) in [5, 5.41) is 6.01. The van der Waals surface area contributed by atoms with E-state index < -0.39 is 11.6 Å². The fourth-order valence-corrected chi connectivity index (χ4v) is 2.31. The van der Waals surface area contributed by atoms with Crippen LogP contribution in [0.1, 0.15) is 12.0 Å². The van der Waals surface area contributed by atoms with E-state index in [1.807, 2.05) is 18.2 Å². The average Bonchev–Trinajstić information content (AvgIpc) is 2.50. The molecule has 0 fully saturated rings. The van der Waals surface area contributed by atoms with Crippen molar-refractivity contribution in [2.45, 2.75) is 12.8 Å². The van der Waals surface area contributed by atoms with Crippen molar-refractivity contribution in [3.8, 4) is 0 Å². The maximum Gasteiger partial charge on any atom is 0.221 e. The Morgan fingerprint density at radius 3 is 2.43 bits per heavy atom. The second-order valence-corrected chi connectivity index (χ2v) is 5.44. The van der Waals surface area contributed by atoms with Crippen LogP contribution >= 0.6 is 11.6 Å². The lowest BCUT2D eigenvalue weighted by Gasteiger charge is -2.09. The van der Waals surface area contributed by atoms with Gasteiger partial charge in [-0.2, -0.15) is 0 Å². The fraction of sp³-hybridized carbons (Fsp3) is 0.235. The summed E-state index contributed by atoms with van der Waals surface area (Å²) < 4.78 is 26.8. The number of halogens is 3. The first-order valence-electron chi connectivity index (χ1n) is 7.25. The van der Waals surface area contributed by atoms with Crippen molar-refractivity contribution in [2.24, 2.45) is 0 Å². The quantitative estimate of drug-likeness (QED) is 0.806. The van der Waals surface area contributed by atoms with Gasteiger partial charge in [-0.25, -0.2) is 8.78 Å². The van der Waals surface area contributed by atoms with E-state index in [1.54, 1.807) is 6.07 Å². The van der Waals surface area contributed by atoms with Crippen molar-refractivity contribution in [3.63, 3.8) is 0 Å². The highest BCUT2D eigenvalue weighted by atomic mass is 35.5. The predicted molar refractivity (Wildman–Crippen MR) is 87.6 cm³/mol. The average molecular weight is 339 g/mol. The minimum Gasteiger partial charge on any atom is -0.380 e.